The molecule has 0 aliphatic rings. The summed E-state index contributed by atoms with van der Waals surface area (Å²) in [6.45, 7) is 10.1. The molecule has 0 unspecified atom stereocenters. The molecule has 0 fully saturated rings. The number of para-hydroxylation sites is 1. The highest BCUT2D eigenvalue weighted by atomic mass is 15.2. The number of pyridine rings is 1. The van der Waals surface area contributed by atoms with Crippen molar-refractivity contribution in [2.45, 2.75) is 34.6 Å². The zero-order valence-corrected chi connectivity index (χ0v) is 17.4. The lowest BCUT2D eigenvalue weighted by atomic mass is 10.1. The van der Waals surface area contributed by atoms with E-state index < -0.39 is 0 Å². The van der Waals surface area contributed by atoms with Gasteiger partial charge in [0.15, 0.2) is 0 Å². The summed E-state index contributed by atoms with van der Waals surface area (Å²) >= 11 is 0. The molecular formula is C25H29N3. The topological polar surface area (TPSA) is 30.2 Å². The van der Waals surface area contributed by atoms with Gasteiger partial charge in [-0.15, -0.1) is 0 Å². The number of nitrogens with zero attached hydrogens (tertiary/aromatic N) is 3. The summed E-state index contributed by atoms with van der Waals surface area (Å²) in [4.78, 5) is 4.36. The van der Waals surface area contributed by atoms with Crippen LogP contribution in [0.1, 0.15) is 33.3 Å². The van der Waals surface area contributed by atoms with Gasteiger partial charge in [0.1, 0.15) is 0 Å². The van der Waals surface area contributed by atoms with E-state index in [-0.39, 0.29) is 0 Å². The molecule has 3 nitrogen and oxygen atoms in total. The van der Waals surface area contributed by atoms with E-state index in [0.717, 1.165) is 27.9 Å². The number of benzene rings is 1. The molecule has 0 saturated carbocycles. The standard InChI is InChI=1S/C21H17N3.2C2H6/c1-16-7-3-2-6-12-22-15-18(13-16)20-14-19-11-10-17-8-4-5-9-21(17)24(19)23-20;2*1-2/h2-15H,1H3;2*1-2H3. The molecule has 28 heavy (non-hydrogen) atoms. The Bertz CT molecular complexity index is 1080. The first-order chi connectivity index (χ1) is 13.8. The minimum Gasteiger partial charge on any atom is -0.264 e. The fraction of sp³-hybridized carbons (Fsp3) is 0.200. The second kappa shape index (κ2) is 10.8. The Kier molecular flexibility index (Phi) is 8.16. The summed E-state index contributed by atoms with van der Waals surface area (Å²) in [6, 6.07) is 24.7. The van der Waals surface area contributed by atoms with Gasteiger partial charge in [0.25, 0.3) is 0 Å². The van der Waals surface area contributed by atoms with Crippen molar-refractivity contribution in [3.63, 3.8) is 0 Å². The van der Waals surface area contributed by atoms with Crippen LogP contribution in [0.4, 0.5) is 0 Å². The lowest BCUT2D eigenvalue weighted by Gasteiger charge is -2.00. The molecule has 0 bridgehead atoms. The predicted octanol–water partition coefficient (Wildman–Crippen LogP) is 7.03. The van der Waals surface area contributed by atoms with Crippen LogP contribution in [0.25, 0.3) is 27.7 Å². The Morgan fingerprint density at radius 3 is 2.32 bits per heavy atom. The SMILES string of the molecule is CC.CC.Cc1cccccncc(-c2cc3ccc4ccccc4n3n2)c1. The van der Waals surface area contributed by atoms with Gasteiger partial charge in [-0.3, -0.25) is 4.98 Å². The van der Waals surface area contributed by atoms with Gasteiger partial charge in [0, 0.05) is 23.3 Å². The largest absolute Gasteiger partial charge is 0.264 e. The number of rotatable bonds is 1. The van der Waals surface area contributed by atoms with E-state index in [1.165, 1.54) is 5.39 Å². The number of aryl methyl sites for hydroxylation is 1. The molecule has 4 rings (SSSR count). The van der Waals surface area contributed by atoms with Crippen LogP contribution in [0.3, 0.4) is 0 Å². The minimum absolute atomic E-state index is 0.917. The molecule has 0 aliphatic heterocycles. The second-order valence-electron chi connectivity index (χ2n) is 5.77. The predicted molar refractivity (Wildman–Crippen MR) is 121 cm³/mol. The molecule has 0 atom stereocenters. The van der Waals surface area contributed by atoms with E-state index in [1.807, 2.05) is 68.7 Å². The van der Waals surface area contributed by atoms with E-state index in [9.17, 15) is 0 Å². The van der Waals surface area contributed by atoms with Gasteiger partial charge in [-0.1, -0.05) is 75.7 Å². The lowest BCUT2D eigenvalue weighted by Crippen LogP contribution is -1.89. The van der Waals surface area contributed by atoms with Crippen LogP contribution in [-0.2, 0) is 0 Å². The molecule has 144 valence electrons. The highest BCUT2D eigenvalue weighted by Crippen LogP contribution is 2.22. The fourth-order valence-electron chi connectivity index (χ4n) is 2.81. The first kappa shape index (κ1) is 21.1. The molecule has 0 amide bonds. The number of aromatic nitrogens is 3. The first-order valence-electron chi connectivity index (χ1n) is 9.94. The van der Waals surface area contributed by atoms with Crippen LogP contribution in [0.2, 0.25) is 0 Å². The summed E-state index contributed by atoms with van der Waals surface area (Å²) in [5, 5.41) is 5.99. The zero-order valence-electron chi connectivity index (χ0n) is 17.4. The van der Waals surface area contributed by atoms with Gasteiger partial charge in [0.05, 0.1) is 16.7 Å². The quantitative estimate of drug-likeness (QED) is 0.359. The average Bonchev–Trinajstić information content (AvgIpc) is 3.20. The van der Waals surface area contributed by atoms with Crippen LogP contribution in [0, 0.1) is 6.92 Å². The Labute approximate surface area is 168 Å². The van der Waals surface area contributed by atoms with E-state index in [4.69, 9.17) is 5.10 Å². The lowest BCUT2D eigenvalue weighted by molar-refractivity contribution is 1.01. The Hall–Kier alpha value is -3.20. The molecule has 0 aliphatic carbocycles. The monoisotopic (exact) mass is 371 g/mol. The molecule has 0 radical (unpaired) electrons. The summed E-state index contributed by atoms with van der Waals surface area (Å²) in [7, 11) is 0. The van der Waals surface area contributed by atoms with Gasteiger partial charge >= 0.3 is 0 Å². The van der Waals surface area contributed by atoms with E-state index >= 15 is 0 Å². The van der Waals surface area contributed by atoms with E-state index in [2.05, 4.69) is 54.4 Å². The van der Waals surface area contributed by atoms with Crippen molar-refractivity contribution in [1.82, 2.24) is 14.6 Å². The Morgan fingerprint density at radius 2 is 1.50 bits per heavy atom. The Balaban J connectivity index is 0.000000660. The van der Waals surface area contributed by atoms with E-state index in [0.29, 0.717) is 0 Å². The van der Waals surface area contributed by atoms with Gasteiger partial charge in [-0.05, 0) is 37.3 Å². The summed E-state index contributed by atoms with van der Waals surface area (Å²) in [5.74, 6) is 0. The molecule has 0 N–H and O–H groups in total. The third kappa shape index (κ3) is 4.95. The molecule has 0 spiro atoms. The van der Waals surface area contributed by atoms with Crippen molar-refractivity contribution in [3.05, 3.63) is 90.8 Å². The van der Waals surface area contributed by atoms with Crippen molar-refractivity contribution in [3.8, 4) is 11.3 Å². The van der Waals surface area contributed by atoms with Gasteiger partial charge < -0.3 is 0 Å². The van der Waals surface area contributed by atoms with Crippen LogP contribution in [0.15, 0.2) is 85.2 Å². The molecule has 3 heteroatoms. The highest BCUT2D eigenvalue weighted by Gasteiger charge is 2.06. The highest BCUT2D eigenvalue weighted by molar-refractivity contribution is 5.83. The molecule has 1 aromatic carbocycles. The smallest absolute Gasteiger partial charge is 0.0949 e. The number of hydrogen-bond acceptors (Lipinski definition) is 2. The summed E-state index contributed by atoms with van der Waals surface area (Å²) < 4.78 is 1.99. The number of hydrogen-bond donors (Lipinski definition) is 0. The van der Waals surface area contributed by atoms with Crippen molar-refractivity contribution in [2.24, 2.45) is 0 Å². The maximum atomic E-state index is 4.81. The first-order valence-corrected chi connectivity index (χ1v) is 9.94. The van der Waals surface area contributed by atoms with Crippen LogP contribution in [0.5, 0.6) is 0 Å². The average molecular weight is 372 g/mol. The second-order valence-corrected chi connectivity index (χ2v) is 5.77. The number of fused-ring (bicyclic) bond motifs is 3. The summed E-state index contributed by atoms with van der Waals surface area (Å²) in [5.41, 5.74) is 5.25. The van der Waals surface area contributed by atoms with Crippen LogP contribution >= 0.6 is 0 Å². The molecule has 4 aromatic rings. The van der Waals surface area contributed by atoms with Gasteiger partial charge in [0.2, 0.25) is 0 Å². The van der Waals surface area contributed by atoms with Crippen molar-refractivity contribution >= 4 is 16.4 Å². The maximum absolute atomic E-state index is 4.81. The van der Waals surface area contributed by atoms with Crippen LogP contribution < -0.4 is 0 Å². The maximum Gasteiger partial charge on any atom is 0.0949 e. The van der Waals surface area contributed by atoms with Crippen molar-refractivity contribution in [1.29, 1.82) is 0 Å². The fourth-order valence-corrected chi connectivity index (χ4v) is 2.81. The third-order valence-corrected chi connectivity index (χ3v) is 3.98. The van der Waals surface area contributed by atoms with Crippen molar-refractivity contribution < 1.29 is 0 Å². The third-order valence-electron chi connectivity index (χ3n) is 3.98. The van der Waals surface area contributed by atoms with Gasteiger partial charge in [-0.25, -0.2) is 4.52 Å². The molecule has 3 heterocycles. The van der Waals surface area contributed by atoms with E-state index in [1.54, 1.807) is 6.20 Å². The van der Waals surface area contributed by atoms with Gasteiger partial charge in [-0.2, -0.15) is 5.10 Å². The minimum atomic E-state index is 0.917. The summed E-state index contributed by atoms with van der Waals surface area (Å²) in [6.07, 6.45) is 3.64. The molecular weight excluding hydrogens is 342 g/mol. The normalized spacial score (nSPS) is 9.61. The molecule has 3 aromatic heterocycles. The van der Waals surface area contributed by atoms with Crippen molar-refractivity contribution in [2.75, 3.05) is 0 Å². The van der Waals surface area contributed by atoms with Crippen LogP contribution in [-0.4, -0.2) is 14.6 Å². The zero-order chi connectivity index (χ0) is 20.4. The molecule has 0 saturated heterocycles. The Morgan fingerprint density at radius 1 is 0.750 bits per heavy atom.